The van der Waals surface area contributed by atoms with E-state index in [0.29, 0.717) is 5.92 Å². The molecule has 2 nitrogen and oxygen atoms in total. The molecule has 0 N–H and O–H groups in total. The van der Waals surface area contributed by atoms with Crippen molar-refractivity contribution < 1.29 is 0 Å². The molecule has 0 saturated heterocycles. The van der Waals surface area contributed by atoms with Gasteiger partial charge in [-0.1, -0.05) is 66.0 Å². The predicted molar refractivity (Wildman–Crippen MR) is 120 cm³/mol. The Balaban J connectivity index is 3.39. The molecule has 0 aliphatic carbocycles. The van der Waals surface area contributed by atoms with Gasteiger partial charge in [0.15, 0.2) is 0 Å². The Kier molecular flexibility index (Phi) is 8.95. The Labute approximate surface area is 165 Å². The topological polar surface area (TPSA) is 25.2 Å². The maximum Gasteiger partial charge on any atom is 0.0988 e. The summed E-state index contributed by atoms with van der Waals surface area (Å²) in [6, 6.07) is 0. The van der Waals surface area contributed by atoms with Gasteiger partial charge in [-0.2, -0.15) is 0 Å². The maximum atomic E-state index is 5.03. The maximum absolute atomic E-state index is 5.03. The van der Waals surface area contributed by atoms with E-state index in [2.05, 4.69) is 74.5 Å². The number of nitrogens with zero attached hydrogens (tertiary/aromatic N) is 2. The standard InChI is InChI=1S/C23H38N2S/c1-10-11-12-13-18(6)24-19(15-14-16(2)3)21-20(17(4)5)25-22(26-21)23(7,8)9/h14-15,17H,10-13H2,1-9H3/b19-15-,24-18?. The fourth-order valence-corrected chi connectivity index (χ4v) is 3.78. The molecule has 1 rings (SSSR count). The molecule has 0 atom stereocenters. The minimum Gasteiger partial charge on any atom is -0.257 e. The van der Waals surface area contributed by atoms with Crippen molar-refractivity contribution in [3.8, 4) is 0 Å². The summed E-state index contributed by atoms with van der Waals surface area (Å²) in [6.45, 7) is 19.8. The molecule has 0 saturated carbocycles. The molecule has 0 spiro atoms. The fourth-order valence-electron chi connectivity index (χ4n) is 2.53. The Morgan fingerprint density at radius 1 is 1.12 bits per heavy atom. The summed E-state index contributed by atoms with van der Waals surface area (Å²) >= 11 is 1.81. The van der Waals surface area contributed by atoms with Crippen molar-refractivity contribution in [3.63, 3.8) is 0 Å². The number of hydrogen-bond donors (Lipinski definition) is 0. The highest BCUT2D eigenvalue weighted by atomic mass is 32.1. The van der Waals surface area contributed by atoms with Crippen LogP contribution in [-0.4, -0.2) is 10.7 Å². The second kappa shape index (κ2) is 10.2. The first kappa shape index (κ1) is 22.8. The van der Waals surface area contributed by atoms with E-state index in [1.54, 1.807) is 0 Å². The van der Waals surface area contributed by atoms with Crippen LogP contribution in [0.1, 0.15) is 109 Å². The van der Waals surface area contributed by atoms with Crippen molar-refractivity contribution in [2.45, 2.75) is 99.3 Å². The van der Waals surface area contributed by atoms with Gasteiger partial charge in [0, 0.05) is 11.1 Å². The molecule has 1 aromatic heterocycles. The summed E-state index contributed by atoms with van der Waals surface area (Å²) in [4.78, 5) is 11.3. The van der Waals surface area contributed by atoms with Gasteiger partial charge in [0.25, 0.3) is 0 Å². The molecule has 1 heterocycles. The summed E-state index contributed by atoms with van der Waals surface area (Å²) in [5.74, 6) is 0.392. The van der Waals surface area contributed by atoms with Gasteiger partial charge in [-0.05, 0) is 45.6 Å². The molecule has 0 amide bonds. The highest BCUT2D eigenvalue weighted by molar-refractivity contribution is 7.13. The minimum atomic E-state index is 0.0636. The lowest BCUT2D eigenvalue weighted by Crippen LogP contribution is -2.10. The Bertz CT molecular complexity index is 663. The Hall–Kier alpha value is -1.22. The third-order valence-electron chi connectivity index (χ3n) is 4.10. The molecule has 0 unspecified atom stereocenters. The zero-order chi connectivity index (χ0) is 19.9. The monoisotopic (exact) mass is 374 g/mol. The highest BCUT2D eigenvalue weighted by Gasteiger charge is 2.24. The van der Waals surface area contributed by atoms with Crippen LogP contribution < -0.4 is 0 Å². The lowest BCUT2D eigenvalue weighted by atomic mass is 9.98. The zero-order valence-corrected chi connectivity index (χ0v) is 19.2. The summed E-state index contributed by atoms with van der Waals surface area (Å²) < 4.78 is 0. The van der Waals surface area contributed by atoms with E-state index in [4.69, 9.17) is 9.98 Å². The van der Waals surface area contributed by atoms with E-state index in [-0.39, 0.29) is 5.41 Å². The third kappa shape index (κ3) is 7.19. The molecule has 146 valence electrons. The minimum absolute atomic E-state index is 0.0636. The molecule has 0 aliphatic heterocycles. The fraction of sp³-hybridized carbons (Fsp3) is 0.652. The number of allylic oxidation sites excluding steroid dienone is 3. The highest BCUT2D eigenvalue weighted by Crippen LogP contribution is 2.37. The van der Waals surface area contributed by atoms with Crippen molar-refractivity contribution in [1.82, 2.24) is 4.98 Å². The lowest BCUT2D eigenvalue weighted by molar-refractivity contribution is 0.581. The van der Waals surface area contributed by atoms with Crippen LogP contribution >= 0.6 is 11.3 Å². The van der Waals surface area contributed by atoms with Crippen molar-refractivity contribution in [1.29, 1.82) is 0 Å². The Morgan fingerprint density at radius 3 is 2.27 bits per heavy atom. The molecular formula is C23H38N2S. The predicted octanol–water partition coefficient (Wildman–Crippen LogP) is 7.91. The van der Waals surface area contributed by atoms with E-state index in [1.807, 2.05) is 11.3 Å². The van der Waals surface area contributed by atoms with Crippen molar-refractivity contribution >= 4 is 22.7 Å². The third-order valence-corrected chi connectivity index (χ3v) is 5.62. The number of unbranched alkanes of at least 4 members (excludes halogenated alkanes) is 2. The van der Waals surface area contributed by atoms with Gasteiger partial charge in [-0.3, -0.25) is 4.99 Å². The van der Waals surface area contributed by atoms with Crippen molar-refractivity contribution in [3.05, 3.63) is 33.3 Å². The van der Waals surface area contributed by atoms with Crippen LogP contribution in [0, 0.1) is 0 Å². The summed E-state index contributed by atoms with van der Waals surface area (Å²) in [6.07, 6.45) is 9.14. The van der Waals surface area contributed by atoms with Crippen LogP contribution in [-0.2, 0) is 5.41 Å². The van der Waals surface area contributed by atoms with Crippen LogP contribution in [0.25, 0.3) is 5.70 Å². The first-order valence-corrected chi connectivity index (χ1v) is 10.8. The number of rotatable bonds is 8. The molecule has 0 aromatic carbocycles. The second-order valence-electron chi connectivity index (χ2n) is 8.74. The van der Waals surface area contributed by atoms with E-state index in [1.165, 1.54) is 46.1 Å². The van der Waals surface area contributed by atoms with Crippen molar-refractivity contribution in [2.75, 3.05) is 0 Å². The molecular weight excluding hydrogens is 336 g/mol. The van der Waals surface area contributed by atoms with Gasteiger partial charge in [-0.15, -0.1) is 11.3 Å². The molecule has 3 heteroatoms. The molecule has 1 aromatic rings. The van der Waals surface area contributed by atoms with Crippen LogP contribution in [0.4, 0.5) is 0 Å². The molecule has 0 radical (unpaired) electrons. The number of thiazole rings is 1. The molecule has 0 bridgehead atoms. The first-order chi connectivity index (χ1) is 12.1. The van der Waals surface area contributed by atoms with Crippen LogP contribution in [0.3, 0.4) is 0 Å². The SMILES string of the molecule is CCCCCC(C)=N/C(=C\C=C(C)C)c1sc(C(C)(C)C)nc1C(C)C. The first-order valence-electron chi connectivity index (χ1n) is 9.97. The second-order valence-corrected chi connectivity index (χ2v) is 9.74. The van der Waals surface area contributed by atoms with Crippen LogP contribution in [0.2, 0.25) is 0 Å². The van der Waals surface area contributed by atoms with Gasteiger partial charge >= 0.3 is 0 Å². The molecule has 0 fully saturated rings. The smallest absolute Gasteiger partial charge is 0.0988 e. The van der Waals surface area contributed by atoms with Gasteiger partial charge in [0.05, 0.1) is 21.3 Å². The van der Waals surface area contributed by atoms with Gasteiger partial charge in [-0.25, -0.2) is 4.98 Å². The van der Waals surface area contributed by atoms with Gasteiger partial charge in [0.2, 0.25) is 0 Å². The van der Waals surface area contributed by atoms with Crippen LogP contribution in [0.15, 0.2) is 22.7 Å². The quantitative estimate of drug-likeness (QED) is 0.258. The Morgan fingerprint density at radius 2 is 1.77 bits per heavy atom. The number of hydrogen-bond acceptors (Lipinski definition) is 3. The van der Waals surface area contributed by atoms with E-state index >= 15 is 0 Å². The largest absolute Gasteiger partial charge is 0.257 e. The summed E-state index contributed by atoms with van der Waals surface area (Å²) in [7, 11) is 0. The average molecular weight is 375 g/mol. The normalized spacial score (nSPS) is 13.5. The number of aliphatic imine (C=N–C) groups is 1. The van der Waals surface area contributed by atoms with Gasteiger partial charge < -0.3 is 0 Å². The number of aromatic nitrogens is 1. The van der Waals surface area contributed by atoms with Gasteiger partial charge in [0.1, 0.15) is 0 Å². The zero-order valence-electron chi connectivity index (χ0n) is 18.4. The molecule has 26 heavy (non-hydrogen) atoms. The van der Waals surface area contributed by atoms with E-state index in [0.717, 1.165) is 12.1 Å². The average Bonchev–Trinajstić information content (AvgIpc) is 2.97. The van der Waals surface area contributed by atoms with E-state index < -0.39 is 0 Å². The summed E-state index contributed by atoms with van der Waals surface area (Å²) in [5, 5.41) is 1.19. The summed E-state index contributed by atoms with van der Waals surface area (Å²) in [5.41, 5.74) is 4.81. The lowest BCUT2D eigenvalue weighted by Gasteiger charge is -2.13. The van der Waals surface area contributed by atoms with Crippen molar-refractivity contribution in [2.24, 2.45) is 4.99 Å². The van der Waals surface area contributed by atoms with E-state index in [9.17, 15) is 0 Å². The molecule has 0 aliphatic rings. The van der Waals surface area contributed by atoms with Crippen LogP contribution in [0.5, 0.6) is 0 Å².